The Morgan fingerprint density at radius 1 is 1.10 bits per heavy atom. The van der Waals surface area contributed by atoms with E-state index in [0.29, 0.717) is 26.8 Å². The number of nitrogens with one attached hydrogen (secondary N) is 1. The van der Waals surface area contributed by atoms with Crippen LogP contribution in [0.4, 0.5) is 5.69 Å². The van der Waals surface area contributed by atoms with Crippen LogP contribution < -0.4 is 4.72 Å². The van der Waals surface area contributed by atoms with Gasteiger partial charge in [-0.15, -0.1) is 11.3 Å². The molecule has 4 rings (SSSR count). The molecular weight excluding hydrogens is 408 g/mol. The van der Waals surface area contributed by atoms with Crippen LogP contribution in [0.3, 0.4) is 0 Å². The van der Waals surface area contributed by atoms with E-state index in [2.05, 4.69) is 14.9 Å². The van der Waals surface area contributed by atoms with Gasteiger partial charge in [0.15, 0.2) is 0 Å². The maximum absolute atomic E-state index is 12.8. The van der Waals surface area contributed by atoms with Crippen molar-refractivity contribution in [3.63, 3.8) is 0 Å². The fraction of sp³-hybridized carbons (Fsp3) is 0.0500. The molecule has 0 atom stereocenters. The van der Waals surface area contributed by atoms with Crippen LogP contribution in [0.5, 0.6) is 0 Å². The number of aromatic nitrogens is 2. The van der Waals surface area contributed by atoms with Crippen LogP contribution in [-0.4, -0.2) is 18.6 Å². The minimum atomic E-state index is -3.84. The Kier molecular flexibility index (Phi) is 4.88. The molecule has 0 aliphatic carbocycles. The Labute approximate surface area is 171 Å². The molecule has 9 heteroatoms. The van der Waals surface area contributed by atoms with Gasteiger partial charge in [0.05, 0.1) is 22.2 Å². The van der Waals surface area contributed by atoms with E-state index in [1.807, 2.05) is 36.4 Å². The summed E-state index contributed by atoms with van der Waals surface area (Å²) in [4.78, 5) is 5.64. The highest BCUT2D eigenvalue weighted by atomic mass is 32.2. The van der Waals surface area contributed by atoms with E-state index in [1.54, 1.807) is 25.1 Å². The molecule has 2 aromatic heterocycles. The highest BCUT2D eigenvalue weighted by molar-refractivity contribution is 7.93. The van der Waals surface area contributed by atoms with Crippen molar-refractivity contribution in [2.75, 3.05) is 4.72 Å². The van der Waals surface area contributed by atoms with Gasteiger partial charge in [0.2, 0.25) is 5.82 Å². The minimum absolute atomic E-state index is 0.124. The van der Waals surface area contributed by atoms with Gasteiger partial charge in [-0.05, 0) is 31.2 Å². The van der Waals surface area contributed by atoms with Crippen molar-refractivity contribution in [1.82, 2.24) is 10.1 Å². The first-order valence-electron chi connectivity index (χ1n) is 8.49. The van der Waals surface area contributed by atoms with E-state index in [9.17, 15) is 8.42 Å². The molecule has 4 aromatic rings. The Bertz CT molecular complexity index is 1320. The first-order chi connectivity index (χ1) is 14.0. The van der Waals surface area contributed by atoms with Crippen LogP contribution >= 0.6 is 11.3 Å². The molecule has 29 heavy (non-hydrogen) atoms. The summed E-state index contributed by atoms with van der Waals surface area (Å²) in [5.74, 6) is 0.687. The van der Waals surface area contributed by atoms with Crippen LogP contribution in [0.1, 0.15) is 10.4 Å². The molecule has 144 valence electrons. The van der Waals surface area contributed by atoms with Gasteiger partial charge in [0, 0.05) is 10.4 Å². The van der Waals surface area contributed by atoms with Gasteiger partial charge < -0.3 is 4.52 Å². The number of nitrogens with zero attached hydrogens (tertiary/aromatic N) is 3. The molecule has 0 bridgehead atoms. The summed E-state index contributed by atoms with van der Waals surface area (Å²) in [5.41, 5.74) is 1.50. The van der Waals surface area contributed by atoms with E-state index in [0.717, 1.165) is 5.56 Å². The summed E-state index contributed by atoms with van der Waals surface area (Å²) in [7, 11) is -3.84. The van der Waals surface area contributed by atoms with Crippen molar-refractivity contribution in [3.05, 3.63) is 71.1 Å². The summed E-state index contributed by atoms with van der Waals surface area (Å²) in [6.45, 7) is 1.71. The van der Waals surface area contributed by atoms with E-state index < -0.39 is 10.0 Å². The topological polar surface area (TPSA) is 109 Å². The Balaban J connectivity index is 1.64. The lowest BCUT2D eigenvalue weighted by atomic mass is 10.2. The predicted molar refractivity (Wildman–Crippen MR) is 110 cm³/mol. The summed E-state index contributed by atoms with van der Waals surface area (Å²) in [6.07, 6.45) is 0. The van der Waals surface area contributed by atoms with E-state index in [1.165, 1.54) is 23.5 Å². The number of benzene rings is 2. The normalized spacial score (nSPS) is 11.2. The van der Waals surface area contributed by atoms with Crippen molar-refractivity contribution in [3.8, 4) is 28.2 Å². The SMILES string of the molecule is Cc1sc(-c2nc(-c3ccccc3)no2)cc1S(=O)(=O)Nc1cccc(C#N)c1. The Morgan fingerprint density at radius 3 is 2.66 bits per heavy atom. The minimum Gasteiger partial charge on any atom is -0.333 e. The zero-order chi connectivity index (χ0) is 20.4. The highest BCUT2D eigenvalue weighted by Gasteiger charge is 2.23. The smallest absolute Gasteiger partial charge is 0.268 e. The summed E-state index contributed by atoms with van der Waals surface area (Å²) < 4.78 is 33.5. The maximum atomic E-state index is 12.8. The third-order valence-corrected chi connectivity index (χ3v) is 6.75. The lowest BCUT2D eigenvalue weighted by Crippen LogP contribution is -2.13. The van der Waals surface area contributed by atoms with E-state index in [-0.39, 0.29) is 10.8 Å². The van der Waals surface area contributed by atoms with Gasteiger partial charge in [-0.3, -0.25) is 4.72 Å². The van der Waals surface area contributed by atoms with Crippen molar-refractivity contribution in [1.29, 1.82) is 5.26 Å². The Morgan fingerprint density at radius 2 is 1.90 bits per heavy atom. The zero-order valence-electron chi connectivity index (χ0n) is 15.2. The average Bonchev–Trinajstić information content (AvgIpc) is 3.36. The fourth-order valence-electron chi connectivity index (χ4n) is 2.73. The van der Waals surface area contributed by atoms with E-state index >= 15 is 0 Å². The summed E-state index contributed by atoms with van der Waals surface area (Å²) in [6, 6.07) is 19.2. The van der Waals surface area contributed by atoms with Crippen LogP contribution in [0.25, 0.3) is 22.2 Å². The first-order valence-corrected chi connectivity index (χ1v) is 10.8. The standard InChI is InChI=1S/C20H14N4O3S2/c1-13-18(29(25,26)24-16-9-5-6-14(10-16)12-21)11-17(28-13)20-22-19(23-27-20)15-7-3-2-4-8-15/h2-11,24H,1H3. The quantitative estimate of drug-likeness (QED) is 0.509. The zero-order valence-corrected chi connectivity index (χ0v) is 16.8. The van der Waals surface area contributed by atoms with Crippen LogP contribution in [0.2, 0.25) is 0 Å². The van der Waals surface area contributed by atoms with Crippen LogP contribution in [0, 0.1) is 18.3 Å². The maximum Gasteiger partial charge on any atom is 0.268 e. The number of rotatable bonds is 5. The first kappa shape index (κ1) is 18.9. The highest BCUT2D eigenvalue weighted by Crippen LogP contribution is 2.34. The van der Waals surface area contributed by atoms with Gasteiger partial charge >= 0.3 is 0 Å². The second-order valence-corrected chi connectivity index (χ2v) is 9.03. The molecular formula is C20H14N4O3S2. The van der Waals surface area contributed by atoms with Gasteiger partial charge in [0.25, 0.3) is 15.9 Å². The molecule has 0 aliphatic heterocycles. The fourth-order valence-corrected chi connectivity index (χ4v) is 5.29. The third-order valence-electron chi connectivity index (χ3n) is 4.07. The molecule has 7 nitrogen and oxygen atoms in total. The molecule has 0 fully saturated rings. The molecule has 2 heterocycles. The third kappa shape index (κ3) is 3.89. The number of aryl methyl sites for hydroxylation is 1. The van der Waals surface area contributed by atoms with Gasteiger partial charge in [-0.25, -0.2) is 8.42 Å². The Hall–Kier alpha value is -3.48. The molecule has 0 saturated carbocycles. The molecule has 2 aromatic carbocycles. The number of thiophene rings is 1. The van der Waals surface area contributed by atoms with Crippen molar-refractivity contribution < 1.29 is 12.9 Å². The lowest BCUT2D eigenvalue weighted by molar-refractivity contribution is 0.433. The molecule has 0 unspecified atom stereocenters. The molecule has 0 spiro atoms. The van der Waals surface area contributed by atoms with Crippen LogP contribution in [-0.2, 0) is 10.0 Å². The van der Waals surface area contributed by atoms with Crippen molar-refractivity contribution in [2.45, 2.75) is 11.8 Å². The van der Waals surface area contributed by atoms with Crippen LogP contribution in [0.15, 0.2) is 70.1 Å². The number of sulfonamides is 1. The second kappa shape index (κ2) is 7.50. The molecule has 0 radical (unpaired) electrons. The number of anilines is 1. The molecule has 0 saturated heterocycles. The molecule has 1 N–H and O–H groups in total. The molecule has 0 amide bonds. The van der Waals surface area contributed by atoms with E-state index in [4.69, 9.17) is 9.78 Å². The number of hydrogen-bond acceptors (Lipinski definition) is 7. The average molecular weight is 422 g/mol. The number of nitriles is 1. The molecule has 0 aliphatic rings. The largest absolute Gasteiger partial charge is 0.333 e. The van der Waals surface area contributed by atoms with Gasteiger partial charge in [-0.2, -0.15) is 10.2 Å². The monoisotopic (exact) mass is 422 g/mol. The predicted octanol–water partition coefficient (Wildman–Crippen LogP) is 4.45. The van der Waals surface area contributed by atoms with Gasteiger partial charge in [-0.1, -0.05) is 41.6 Å². The van der Waals surface area contributed by atoms with Crippen molar-refractivity contribution >= 4 is 27.0 Å². The number of hydrogen-bond donors (Lipinski definition) is 1. The summed E-state index contributed by atoms with van der Waals surface area (Å²) in [5, 5.41) is 13.0. The van der Waals surface area contributed by atoms with Crippen molar-refractivity contribution in [2.24, 2.45) is 0 Å². The summed E-state index contributed by atoms with van der Waals surface area (Å²) >= 11 is 1.25. The van der Waals surface area contributed by atoms with Gasteiger partial charge in [0.1, 0.15) is 4.90 Å². The lowest BCUT2D eigenvalue weighted by Gasteiger charge is -2.07. The second-order valence-electron chi connectivity index (χ2n) is 6.12.